The number of nitrogens with zero attached hydrogens (tertiary/aromatic N) is 4. The van der Waals surface area contributed by atoms with Crippen molar-refractivity contribution in [2.45, 2.75) is 4.90 Å². The lowest BCUT2D eigenvalue weighted by atomic mass is 10.4. The maximum atomic E-state index is 12.6. The summed E-state index contributed by atoms with van der Waals surface area (Å²) in [5.74, 6) is 0. The van der Waals surface area contributed by atoms with Crippen molar-refractivity contribution in [2.24, 2.45) is 4.15 Å². The molecule has 8 heteroatoms. The highest BCUT2D eigenvalue weighted by atomic mass is 32.2. The van der Waals surface area contributed by atoms with Crippen molar-refractivity contribution in [3.8, 4) is 0 Å². The van der Waals surface area contributed by atoms with Crippen LogP contribution in [0.3, 0.4) is 0 Å². The van der Waals surface area contributed by atoms with Gasteiger partial charge in [-0.3, -0.25) is 0 Å². The van der Waals surface area contributed by atoms with Crippen LogP contribution in [0.25, 0.3) is 0 Å². The van der Waals surface area contributed by atoms with Crippen LogP contribution in [0.1, 0.15) is 0 Å². The number of benzene rings is 1. The van der Waals surface area contributed by atoms with Crippen molar-refractivity contribution in [1.82, 2.24) is 14.0 Å². The number of hydrogen-bond donors (Lipinski definition) is 0. The smallest absolute Gasteiger partial charge is 0.242 e. The van der Waals surface area contributed by atoms with Gasteiger partial charge in [0, 0.05) is 39.3 Å². The Morgan fingerprint density at radius 1 is 0.850 bits per heavy atom. The van der Waals surface area contributed by atoms with Gasteiger partial charge in [-0.25, -0.2) is 14.0 Å². The molecule has 1 aromatic rings. The molecule has 0 radical (unpaired) electrons. The summed E-state index contributed by atoms with van der Waals surface area (Å²) in [6, 6.07) is 8.56. The highest BCUT2D eigenvalue weighted by Gasteiger charge is 2.54. The van der Waals surface area contributed by atoms with E-state index in [1.807, 2.05) is 6.07 Å². The van der Waals surface area contributed by atoms with Gasteiger partial charge in [0.05, 0.1) is 4.90 Å². The Balaban J connectivity index is 1.83. The molecule has 6 nitrogen and oxygen atoms in total. The van der Waals surface area contributed by atoms with Gasteiger partial charge in [0.15, 0.2) is 7.51 Å². The molecule has 1 aromatic carbocycles. The van der Waals surface area contributed by atoms with Crippen LogP contribution >= 0.6 is 7.51 Å². The van der Waals surface area contributed by atoms with Gasteiger partial charge in [-0.05, 0) is 12.1 Å². The minimum Gasteiger partial charge on any atom is -0.242 e. The van der Waals surface area contributed by atoms with Crippen LogP contribution in [-0.4, -0.2) is 61.7 Å². The zero-order valence-corrected chi connectivity index (χ0v) is 12.8. The SMILES string of the molecule is O=S(=O)(N=P(N1CC1)(N1CC1)N1CC1)c1ccccc1. The summed E-state index contributed by atoms with van der Waals surface area (Å²) in [6.45, 7) is 5.80. The van der Waals surface area contributed by atoms with E-state index >= 15 is 0 Å². The molecule has 0 unspecified atom stereocenters. The fourth-order valence-electron chi connectivity index (χ4n) is 2.41. The average molecular weight is 312 g/mol. The molecule has 0 saturated carbocycles. The molecule has 0 bridgehead atoms. The van der Waals surface area contributed by atoms with Crippen LogP contribution in [0.4, 0.5) is 0 Å². The summed E-state index contributed by atoms with van der Waals surface area (Å²) < 4.78 is 36.4. The Morgan fingerprint density at radius 3 is 1.70 bits per heavy atom. The average Bonchev–Trinajstić information content (AvgIpc) is 3.34. The summed E-state index contributed by atoms with van der Waals surface area (Å²) in [4.78, 5) is 0.301. The van der Waals surface area contributed by atoms with E-state index in [-0.39, 0.29) is 0 Å². The van der Waals surface area contributed by atoms with Crippen LogP contribution in [0, 0.1) is 0 Å². The topological polar surface area (TPSA) is 55.5 Å². The summed E-state index contributed by atoms with van der Waals surface area (Å²) >= 11 is 0. The lowest BCUT2D eigenvalue weighted by Crippen LogP contribution is -2.14. The second-order valence-corrected chi connectivity index (χ2v) is 10.1. The molecular weight excluding hydrogens is 295 g/mol. The molecule has 3 saturated heterocycles. The Bertz CT molecular complexity index is 641. The highest BCUT2D eigenvalue weighted by Crippen LogP contribution is 2.68. The molecule has 3 aliphatic heterocycles. The van der Waals surface area contributed by atoms with Gasteiger partial charge in [0.2, 0.25) is 0 Å². The van der Waals surface area contributed by atoms with E-state index in [0.717, 1.165) is 39.3 Å². The lowest BCUT2D eigenvalue weighted by Gasteiger charge is -2.27. The number of hydrogen-bond acceptors (Lipinski definition) is 2. The van der Waals surface area contributed by atoms with E-state index < -0.39 is 17.5 Å². The van der Waals surface area contributed by atoms with E-state index in [4.69, 9.17) is 0 Å². The minimum absolute atomic E-state index is 0.301. The third-order valence-corrected chi connectivity index (χ3v) is 9.75. The van der Waals surface area contributed by atoms with Crippen LogP contribution in [-0.2, 0) is 10.0 Å². The standard InChI is InChI=1S/C12H17N4O2PS/c17-20(18,12-4-2-1-3-5-12)13-19(14-6-7-14,15-8-9-15)16-10-11-16/h1-5H,6-11H2. The molecule has 0 atom stereocenters. The predicted octanol–water partition coefficient (Wildman–Crippen LogP) is 1.27. The number of sulfonamides is 1. The van der Waals surface area contributed by atoms with E-state index in [1.54, 1.807) is 24.3 Å². The Labute approximate surface area is 119 Å². The second-order valence-electron chi connectivity index (χ2n) is 5.27. The van der Waals surface area contributed by atoms with Crippen molar-refractivity contribution in [3.05, 3.63) is 30.3 Å². The minimum atomic E-state index is -3.58. The summed E-state index contributed by atoms with van der Waals surface area (Å²) in [7, 11) is -5.71. The summed E-state index contributed by atoms with van der Waals surface area (Å²) in [5.41, 5.74) is 0. The Morgan fingerprint density at radius 2 is 1.30 bits per heavy atom. The molecule has 0 N–H and O–H groups in total. The molecule has 0 spiro atoms. The zero-order chi connectivity index (χ0) is 13.8. The van der Waals surface area contributed by atoms with Crippen molar-refractivity contribution >= 4 is 17.5 Å². The molecule has 3 aliphatic rings. The van der Waals surface area contributed by atoms with Gasteiger partial charge in [0.1, 0.15) is 0 Å². The molecular formula is C12H17N4O2PS. The van der Waals surface area contributed by atoms with Crippen molar-refractivity contribution < 1.29 is 8.42 Å². The van der Waals surface area contributed by atoms with Gasteiger partial charge in [-0.15, -0.1) is 4.15 Å². The monoisotopic (exact) mass is 312 g/mol. The Kier molecular flexibility index (Phi) is 2.85. The first-order valence-corrected chi connectivity index (χ1v) is 9.87. The maximum absolute atomic E-state index is 12.6. The van der Waals surface area contributed by atoms with Gasteiger partial charge < -0.3 is 0 Å². The lowest BCUT2D eigenvalue weighted by molar-refractivity contribution is 0.595. The summed E-state index contributed by atoms with van der Waals surface area (Å²) in [5, 5.41) is 0. The molecule has 0 amide bonds. The molecule has 3 heterocycles. The second kappa shape index (κ2) is 4.39. The molecule has 0 aliphatic carbocycles. The highest BCUT2D eigenvalue weighted by molar-refractivity contribution is 7.93. The van der Waals surface area contributed by atoms with Gasteiger partial charge >= 0.3 is 0 Å². The van der Waals surface area contributed by atoms with Gasteiger partial charge in [-0.1, -0.05) is 18.2 Å². The Hall–Kier alpha value is -0.720. The van der Waals surface area contributed by atoms with E-state index in [0.29, 0.717) is 4.90 Å². The van der Waals surface area contributed by atoms with E-state index in [1.165, 1.54) is 0 Å². The predicted molar refractivity (Wildman–Crippen MR) is 77.7 cm³/mol. The molecule has 4 rings (SSSR count). The molecule has 108 valence electrons. The molecule has 3 fully saturated rings. The fourth-order valence-corrected chi connectivity index (χ4v) is 8.64. The van der Waals surface area contributed by atoms with Gasteiger partial charge in [-0.2, -0.15) is 8.42 Å². The first-order chi connectivity index (χ1) is 9.63. The first-order valence-electron chi connectivity index (χ1n) is 6.83. The van der Waals surface area contributed by atoms with Crippen molar-refractivity contribution in [3.63, 3.8) is 0 Å². The maximum Gasteiger partial charge on any atom is 0.284 e. The van der Waals surface area contributed by atoms with Crippen LogP contribution in [0.15, 0.2) is 39.4 Å². The van der Waals surface area contributed by atoms with E-state index in [9.17, 15) is 8.42 Å². The van der Waals surface area contributed by atoms with Crippen LogP contribution < -0.4 is 0 Å². The normalized spacial score (nSPS) is 23.6. The van der Waals surface area contributed by atoms with Crippen LogP contribution in [0.2, 0.25) is 0 Å². The van der Waals surface area contributed by atoms with Gasteiger partial charge in [0.25, 0.3) is 10.0 Å². The molecule has 0 aromatic heterocycles. The fraction of sp³-hybridized carbons (Fsp3) is 0.500. The third kappa shape index (κ3) is 2.14. The summed E-state index contributed by atoms with van der Waals surface area (Å²) in [6.07, 6.45) is 0. The van der Waals surface area contributed by atoms with Crippen molar-refractivity contribution in [1.29, 1.82) is 0 Å². The largest absolute Gasteiger partial charge is 0.284 e. The molecule has 20 heavy (non-hydrogen) atoms. The van der Waals surface area contributed by atoms with E-state index in [2.05, 4.69) is 18.2 Å². The third-order valence-electron chi connectivity index (χ3n) is 3.67. The first kappa shape index (κ1) is 13.0. The number of rotatable bonds is 5. The zero-order valence-electron chi connectivity index (χ0n) is 11.1. The van der Waals surface area contributed by atoms with Crippen LogP contribution in [0.5, 0.6) is 0 Å². The van der Waals surface area contributed by atoms with Crippen molar-refractivity contribution in [2.75, 3.05) is 39.3 Å². The quantitative estimate of drug-likeness (QED) is 0.605.